The maximum atomic E-state index is 12.4. The molecule has 6 nitrogen and oxygen atoms in total. The van der Waals surface area contributed by atoms with E-state index >= 15 is 0 Å². The smallest absolute Gasteiger partial charge is 0.414 e. The van der Waals surface area contributed by atoms with Crippen LogP contribution in [0.2, 0.25) is 5.02 Å². The highest BCUT2D eigenvalue weighted by Gasteiger charge is 2.34. The fourth-order valence-electron chi connectivity index (χ4n) is 4.40. The summed E-state index contributed by atoms with van der Waals surface area (Å²) in [6.07, 6.45) is 2.79. The standard InChI is InChI=1S/C24H29ClN2O4/c1-29-20-5-3-19(4-6-20)27-16-22(31-24(27)28)15-26-11-9-17(10-12-26)13-18-14-21(30-2)7-8-23(18)25/h3-8,14,17,22H,9-13,15-16H2,1-2H3. The topological polar surface area (TPSA) is 51.2 Å². The summed E-state index contributed by atoms with van der Waals surface area (Å²) in [4.78, 5) is 16.4. The molecule has 166 valence electrons. The first-order valence-corrected chi connectivity index (χ1v) is 11.1. The predicted molar refractivity (Wildman–Crippen MR) is 121 cm³/mol. The van der Waals surface area contributed by atoms with Crippen molar-refractivity contribution in [2.45, 2.75) is 25.4 Å². The van der Waals surface area contributed by atoms with Crippen molar-refractivity contribution in [3.63, 3.8) is 0 Å². The Morgan fingerprint density at radius 2 is 1.71 bits per heavy atom. The number of cyclic esters (lactones) is 1. The van der Waals surface area contributed by atoms with Crippen LogP contribution in [-0.4, -0.2) is 57.5 Å². The number of methoxy groups -OCH3 is 2. The molecule has 2 aromatic carbocycles. The van der Waals surface area contributed by atoms with E-state index in [0.29, 0.717) is 12.5 Å². The second kappa shape index (κ2) is 9.79. The van der Waals surface area contributed by atoms with E-state index in [2.05, 4.69) is 4.90 Å². The summed E-state index contributed by atoms with van der Waals surface area (Å²) in [7, 11) is 3.31. The van der Waals surface area contributed by atoms with Gasteiger partial charge in [-0.2, -0.15) is 0 Å². The van der Waals surface area contributed by atoms with Gasteiger partial charge in [-0.05, 0) is 86.3 Å². The van der Waals surface area contributed by atoms with Gasteiger partial charge in [-0.1, -0.05) is 11.6 Å². The van der Waals surface area contributed by atoms with Crippen LogP contribution >= 0.6 is 11.6 Å². The number of nitrogens with zero attached hydrogens (tertiary/aromatic N) is 2. The maximum absolute atomic E-state index is 12.4. The lowest BCUT2D eigenvalue weighted by molar-refractivity contribution is 0.0914. The summed E-state index contributed by atoms with van der Waals surface area (Å²) in [5.41, 5.74) is 1.99. The first kappa shape index (κ1) is 21.8. The second-order valence-corrected chi connectivity index (χ2v) is 8.63. The van der Waals surface area contributed by atoms with Gasteiger partial charge in [0, 0.05) is 17.3 Å². The first-order valence-electron chi connectivity index (χ1n) is 10.7. The molecule has 0 aliphatic carbocycles. The van der Waals surface area contributed by atoms with Crippen molar-refractivity contribution in [1.82, 2.24) is 4.90 Å². The predicted octanol–water partition coefficient (Wildman–Crippen LogP) is 4.64. The molecule has 2 aromatic rings. The molecule has 2 fully saturated rings. The largest absolute Gasteiger partial charge is 0.497 e. The molecule has 4 rings (SSSR count). The van der Waals surface area contributed by atoms with Gasteiger partial charge in [-0.15, -0.1) is 0 Å². The van der Waals surface area contributed by atoms with Gasteiger partial charge in [0.05, 0.1) is 20.8 Å². The molecule has 1 atom stereocenters. The molecule has 2 heterocycles. The van der Waals surface area contributed by atoms with Crippen LogP contribution in [0.15, 0.2) is 42.5 Å². The molecule has 0 saturated carbocycles. The van der Waals surface area contributed by atoms with E-state index in [1.54, 1.807) is 19.1 Å². The Hall–Kier alpha value is -2.44. The summed E-state index contributed by atoms with van der Waals surface area (Å²) in [6.45, 7) is 3.35. The number of rotatable bonds is 7. The number of piperidine rings is 1. The van der Waals surface area contributed by atoms with Crippen molar-refractivity contribution in [2.24, 2.45) is 5.92 Å². The van der Waals surface area contributed by atoms with Gasteiger partial charge in [0.1, 0.15) is 17.6 Å². The Bertz CT molecular complexity index is 897. The average molecular weight is 445 g/mol. The summed E-state index contributed by atoms with van der Waals surface area (Å²) < 4.78 is 16.2. The van der Waals surface area contributed by atoms with Gasteiger partial charge in [0.25, 0.3) is 0 Å². The van der Waals surface area contributed by atoms with Crippen molar-refractivity contribution in [3.05, 3.63) is 53.1 Å². The Morgan fingerprint density at radius 1 is 1.03 bits per heavy atom. The molecule has 1 unspecified atom stereocenters. The van der Waals surface area contributed by atoms with Gasteiger partial charge in [-0.25, -0.2) is 4.79 Å². The Kier molecular flexibility index (Phi) is 6.88. The Morgan fingerprint density at radius 3 is 2.39 bits per heavy atom. The van der Waals surface area contributed by atoms with Gasteiger partial charge in [0.15, 0.2) is 0 Å². The molecule has 7 heteroatoms. The highest BCUT2D eigenvalue weighted by Crippen LogP contribution is 2.29. The minimum atomic E-state index is -0.280. The van der Waals surface area contributed by atoms with E-state index in [-0.39, 0.29) is 12.2 Å². The van der Waals surface area contributed by atoms with E-state index in [1.807, 2.05) is 42.5 Å². The molecule has 1 amide bonds. The lowest BCUT2D eigenvalue weighted by Crippen LogP contribution is -2.40. The molecule has 2 aliphatic rings. The normalized spacial score (nSPS) is 20.0. The molecule has 0 aromatic heterocycles. The number of likely N-dealkylation sites (tertiary alicyclic amines) is 1. The fourth-order valence-corrected chi connectivity index (χ4v) is 4.59. The first-order chi connectivity index (χ1) is 15.1. The van der Waals surface area contributed by atoms with E-state index in [4.69, 9.17) is 25.8 Å². The average Bonchev–Trinajstić information content (AvgIpc) is 3.16. The lowest BCUT2D eigenvalue weighted by Gasteiger charge is -2.33. The molecule has 2 saturated heterocycles. The fraction of sp³-hybridized carbons (Fsp3) is 0.458. The molecule has 2 aliphatic heterocycles. The molecule has 0 bridgehead atoms. The monoisotopic (exact) mass is 444 g/mol. The SMILES string of the molecule is COc1ccc(N2CC(CN3CCC(Cc4cc(OC)ccc4Cl)CC3)OC2=O)cc1. The van der Waals surface area contributed by atoms with E-state index in [9.17, 15) is 4.79 Å². The summed E-state index contributed by atoms with van der Waals surface area (Å²) >= 11 is 6.38. The highest BCUT2D eigenvalue weighted by atomic mass is 35.5. The third-order valence-electron chi connectivity index (χ3n) is 6.19. The van der Waals surface area contributed by atoms with Crippen molar-refractivity contribution in [3.8, 4) is 11.5 Å². The minimum absolute atomic E-state index is 0.112. The van der Waals surface area contributed by atoms with Crippen LogP contribution in [0.1, 0.15) is 18.4 Å². The van der Waals surface area contributed by atoms with E-state index < -0.39 is 0 Å². The number of hydrogen-bond donors (Lipinski definition) is 0. The number of ether oxygens (including phenoxy) is 3. The molecule has 31 heavy (non-hydrogen) atoms. The molecule has 0 N–H and O–H groups in total. The van der Waals surface area contributed by atoms with Crippen molar-refractivity contribution in [1.29, 1.82) is 0 Å². The quantitative estimate of drug-likeness (QED) is 0.622. The molecule has 0 radical (unpaired) electrons. The van der Waals surface area contributed by atoms with Crippen LogP contribution < -0.4 is 14.4 Å². The number of anilines is 1. The van der Waals surface area contributed by atoms with E-state index in [0.717, 1.165) is 66.7 Å². The number of carbonyl (C=O) groups excluding carboxylic acids is 1. The summed E-state index contributed by atoms with van der Waals surface area (Å²) in [5, 5.41) is 0.805. The summed E-state index contributed by atoms with van der Waals surface area (Å²) in [5.74, 6) is 2.22. The number of carbonyl (C=O) groups is 1. The third-order valence-corrected chi connectivity index (χ3v) is 6.56. The zero-order chi connectivity index (χ0) is 21.8. The summed E-state index contributed by atoms with van der Waals surface area (Å²) in [6, 6.07) is 13.3. The van der Waals surface area contributed by atoms with Crippen molar-refractivity contribution < 1.29 is 19.0 Å². The van der Waals surface area contributed by atoms with Crippen LogP contribution in [-0.2, 0) is 11.2 Å². The van der Waals surface area contributed by atoms with E-state index in [1.165, 1.54) is 0 Å². The van der Waals surface area contributed by atoms with Gasteiger partial charge in [0.2, 0.25) is 0 Å². The van der Waals surface area contributed by atoms with Gasteiger partial charge < -0.3 is 14.2 Å². The Labute approximate surface area is 188 Å². The molecule has 0 spiro atoms. The third kappa shape index (κ3) is 5.25. The van der Waals surface area contributed by atoms with Gasteiger partial charge >= 0.3 is 6.09 Å². The second-order valence-electron chi connectivity index (χ2n) is 8.22. The highest BCUT2D eigenvalue weighted by molar-refractivity contribution is 6.31. The minimum Gasteiger partial charge on any atom is -0.497 e. The van der Waals surface area contributed by atoms with Crippen LogP contribution in [0.25, 0.3) is 0 Å². The van der Waals surface area contributed by atoms with Crippen molar-refractivity contribution in [2.75, 3.05) is 45.3 Å². The Balaban J connectivity index is 1.27. The molecular weight excluding hydrogens is 416 g/mol. The zero-order valence-corrected chi connectivity index (χ0v) is 18.8. The lowest BCUT2D eigenvalue weighted by atomic mass is 9.90. The maximum Gasteiger partial charge on any atom is 0.414 e. The van der Waals surface area contributed by atoms with Crippen LogP contribution in [0.3, 0.4) is 0 Å². The number of hydrogen-bond acceptors (Lipinski definition) is 5. The molecular formula is C24H29ClN2O4. The van der Waals surface area contributed by atoms with Crippen LogP contribution in [0.4, 0.5) is 10.5 Å². The number of amides is 1. The number of benzene rings is 2. The van der Waals surface area contributed by atoms with Crippen LogP contribution in [0.5, 0.6) is 11.5 Å². The van der Waals surface area contributed by atoms with Gasteiger partial charge in [-0.3, -0.25) is 9.80 Å². The zero-order valence-electron chi connectivity index (χ0n) is 18.1. The van der Waals surface area contributed by atoms with Crippen LogP contribution in [0, 0.1) is 5.92 Å². The van der Waals surface area contributed by atoms with Crippen molar-refractivity contribution >= 4 is 23.4 Å². The number of halogens is 1.